The van der Waals surface area contributed by atoms with Crippen molar-refractivity contribution in [3.05, 3.63) is 35.4 Å². The summed E-state index contributed by atoms with van der Waals surface area (Å²) < 4.78 is 0. The molecule has 0 saturated carbocycles. The average Bonchev–Trinajstić information content (AvgIpc) is 2.71. The molecule has 1 aromatic rings. The number of guanidine groups is 1. The Labute approximate surface area is 195 Å². The first-order valence-electron chi connectivity index (χ1n) is 11.1. The van der Waals surface area contributed by atoms with Crippen LogP contribution >= 0.6 is 24.0 Å². The lowest BCUT2D eigenvalue weighted by Gasteiger charge is -2.35. The third kappa shape index (κ3) is 9.22. The molecule has 1 aliphatic heterocycles. The van der Waals surface area contributed by atoms with Crippen molar-refractivity contribution in [2.24, 2.45) is 4.99 Å². The van der Waals surface area contributed by atoms with E-state index in [1.807, 2.05) is 0 Å². The van der Waals surface area contributed by atoms with Gasteiger partial charge >= 0.3 is 0 Å². The highest BCUT2D eigenvalue weighted by molar-refractivity contribution is 14.0. The van der Waals surface area contributed by atoms with Crippen molar-refractivity contribution in [3.63, 3.8) is 0 Å². The Hall–Kier alpha value is -0.860. The Morgan fingerprint density at radius 2 is 1.79 bits per heavy atom. The molecule has 5 nitrogen and oxygen atoms in total. The molecule has 2 rings (SSSR count). The molecule has 0 radical (unpaired) electrons. The number of nitrogens with zero attached hydrogens (tertiary/aromatic N) is 3. The predicted molar refractivity (Wildman–Crippen MR) is 136 cm³/mol. The molecule has 1 aromatic carbocycles. The topological polar surface area (TPSA) is 42.9 Å². The van der Waals surface area contributed by atoms with E-state index in [1.165, 1.54) is 37.1 Å². The minimum atomic E-state index is 0. The van der Waals surface area contributed by atoms with Crippen molar-refractivity contribution in [3.8, 4) is 0 Å². The molecule has 0 unspecified atom stereocenters. The van der Waals surface area contributed by atoms with Crippen LogP contribution in [0.15, 0.2) is 29.3 Å². The van der Waals surface area contributed by atoms with Crippen molar-refractivity contribution >= 4 is 29.9 Å². The number of likely N-dealkylation sites (tertiary alicyclic amines) is 1. The molecule has 1 saturated heterocycles. The van der Waals surface area contributed by atoms with E-state index in [4.69, 9.17) is 4.99 Å². The summed E-state index contributed by atoms with van der Waals surface area (Å²) in [5.41, 5.74) is 2.65. The lowest BCUT2D eigenvalue weighted by molar-refractivity contribution is 0.167. The molecule has 0 aliphatic carbocycles. The maximum Gasteiger partial charge on any atom is 0.191 e. The van der Waals surface area contributed by atoms with Crippen LogP contribution in [0.4, 0.5) is 0 Å². The fourth-order valence-corrected chi connectivity index (χ4v) is 3.78. The van der Waals surface area contributed by atoms with E-state index in [-0.39, 0.29) is 24.0 Å². The van der Waals surface area contributed by atoms with Gasteiger partial charge < -0.3 is 15.5 Å². The molecular formula is C23H42IN5. The van der Waals surface area contributed by atoms with E-state index in [0.29, 0.717) is 18.6 Å². The number of nitrogens with one attached hydrogen (secondary N) is 2. The third-order valence-electron chi connectivity index (χ3n) is 5.66. The lowest BCUT2D eigenvalue weighted by Crippen LogP contribution is -2.49. The second kappa shape index (κ2) is 14.2. The maximum absolute atomic E-state index is 4.86. The smallest absolute Gasteiger partial charge is 0.191 e. The second-order valence-electron chi connectivity index (χ2n) is 8.02. The lowest BCUT2D eigenvalue weighted by atomic mass is 10.0. The molecule has 0 bridgehead atoms. The SMILES string of the molecule is CCNC(=NCc1cccc(CN(CC)CC)c1)NC1CCN(C(C)C)CC1.I. The molecule has 0 aromatic heterocycles. The fraction of sp³-hybridized carbons (Fsp3) is 0.696. The van der Waals surface area contributed by atoms with Gasteiger partial charge in [0.15, 0.2) is 5.96 Å². The van der Waals surface area contributed by atoms with E-state index < -0.39 is 0 Å². The molecule has 0 atom stereocenters. The van der Waals surface area contributed by atoms with E-state index in [1.54, 1.807) is 0 Å². The molecule has 6 heteroatoms. The second-order valence-corrected chi connectivity index (χ2v) is 8.02. The van der Waals surface area contributed by atoms with Crippen LogP contribution in [-0.2, 0) is 13.1 Å². The van der Waals surface area contributed by atoms with E-state index in [2.05, 4.69) is 79.3 Å². The van der Waals surface area contributed by atoms with Gasteiger partial charge in [-0.25, -0.2) is 4.99 Å². The third-order valence-corrected chi connectivity index (χ3v) is 5.66. The van der Waals surface area contributed by atoms with E-state index in [9.17, 15) is 0 Å². The summed E-state index contributed by atoms with van der Waals surface area (Å²) >= 11 is 0. The van der Waals surface area contributed by atoms with Crippen LogP contribution in [0.25, 0.3) is 0 Å². The van der Waals surface area contributed by atoms with Gasteiger partial charge in [-0.2, -0.15) is 0 Å². The standard InChI is InChI=1S/C23H41N5.HI/c1-6-24-23(26-22-12-14-28(15-13-22)19(4)5)25-17-20-10-9-11-21(16-20)18-27(7-2)8-3;/h9-11,16,19,22H,6-8,12-15,17-18H2,1-5H3,(H2,24,25,26);1H. The highest BCUT2D eigenvalue weighted by atomic mass is 127. The van der Waals surface area contributed by atoms with E-state index >= 15 is 0 Å². The molecule has 2 N–H and O–H groups in total. The Balaban J connectivity index is 0.00000420. The molecule has 0 amide bonds. The summed E-state index contributed by atoms with van der Waals surface area (Å²) in [7, 11) is 0. The summed E-state index contributed by atoms with van der Waals surface area (Å²) in [6.07, 6.45) is 2.36. The van der Waals surface area contributed by atoms with Gasteiger partial charge in [-0.3, -0.25) is 4.90 Å². The maximum atomic E-state index is 4.86. The van der Waals surface area contributed by atoms with E-state index in [0.717, 1.165) is 32.1 Å². The van der Waals surface area contributed by atoms with Gasteiger partial charge in [-0.1, -0.05) is 38.1 Å². The van der Waals surface area contributed by atoms with Crippen LogP contribution in [0.2, 0.25) is 0 Å². The molecule has 0 spiro atoms. The zero-order chi connectivity index (χ0) is 20.4. The van der Waals surface area contributed by atoms with Gasteiger partial charge in [0.1, 0.15) is 0 Å². The number of hydrogen-bond acceptors (Lipinski definition) is 3. The number of benzene rings is 1. The normalized spacial score (nSPS) is 16.2. The molecule has 1 heterocycles. The summed E-state index contributed by atoms with van der Waals surface area (Å²) in [4.78, 5) is 9.86. The Bertz CT molecular complexity index is 593. The quantitative estimate of drug-likeness (QED) is 0.296. The first-order chi connectivity index (χ1) is 13.5. The minimum Gasteiger partial charge on any atom is -0.357 e. The largest absolute Gasteiger partial charge is 0.357 e. The van der Waals surface area contributed by atoms with Crippen LogP contribution in [0.1, 0.15) is 58.6 Å². The zero-order valence-electron chi connectivity index (χ0n) is 19.1. The fourth-order valence-electron chi connectivity index (χ4n) is 3.78. The number of aliphatic imine (C=N–C) groups is 1. The van der Waals surface area contributed by atoms with Crippen LogP contribution in [0, 0.1) is 0 Å². The molecule has 29 heavy (non-hydrogen) atoms. The van der Waals surface area contributed by atoms with Crippen molar-refractivity contribution in [2.45, 2.75) is 72.6 Å². The number of hydrogen-bond donors (Lipinski definition) is 2. The predicted octanol–water partition coefficient (Wildman–Crippen LogP) is 4.07. The average molecular weight is 516 g/mol. The van der Waals surface area contributed by atoms with Gasteiger partial charge in [0.05, 0.1) is 6.54 Å². The van der Waals surface area contributed by atoms with Crippen LogP contribution in [0.5, 0.6) is 0 Å². The van der Waals surface area contributed by atoms with Gasteiger partial charge in [0, 0.05) is 38.3 Å². The van der Waals surface area contributed by atoms with Crippen molar-refractivity contribution in [1.82, 2.24) is 20.4 Å². The van der Waals surface area contributed by atoms with Gasteiger partial charge in [0.25, 0.3) is 0 Å². The highest BCUT2D eigenvalue weighted by Crippen LogP contribution is 2.13. The Kier molecular flexibility index (Phi) is 12.8. The number of halogens is 1. The zero-order valence-corrected chi connectivity index (χ0v) is 21.4. The first kappa shape index (κ1) is 26.2. The highest BCUT2D eigenvalue weighted by Gasteiger charge is 2.21. The van der Waals surface area contributed by atoms with Crippen LogP contribution in [0.3, 0.4) is 0 Å². The number of piperidine rings is 1. The number of rotatable bonds is 9. The van der Waals surface area contributed by atoms with Gasteiger partial charge in [0.2, 0.25) is 0 Å². The molecule has 1 aliphatic rings. The summed E-state index contributed by atoms with van der Waals surface area (Å²) in [6, 6.07) is 10.0. The van der Waals surface area contributed by atoms with Crippen molar-refractivity contribution in [1.29, 1.82) is 0 Å². The summed E-state index contributed by atoms with van der Waals surface area (Å²) in [6.45, 7) is 18.3. The van der Waals surface area contributed by atoms with Crippen LogP contribution < -0.4 is 10.6 Å². The molecular weight excluding hydrogens is 473 g/mol. The molecule has 1 fully saturated rings. The van der Waals surface area contributed by atoms with Gasteiger partial charge in [-0.05, 0) is 57.8 Å². The van der Waals surface area contributed by atoms with Crippen molar-refractivity contribution < 1.29 is 0 Å². The monoisotopic (exact) mass is 515 g/mol. The summed E-state index contributed by atoms with van der Waals surface area (Å²) in [5.74, 6) is 0.944. The van der Waals surface area contributed by atoms with Crippen molar-refractivity contribution in [2.75, 3.05) is 32.7 Å². The minimum absolute atomic E-state index is 0. The Morgan fingerprint density at radius 3 is 2.38 bits per heavy atom. The van der Waals surface area contributed by atoms with Gasteiger partial charge in [-0.15, -0.1) is 24.0 Å². The van der Waals surface area contributed by atoms with Crippen LogP contribution in [-0.4, -0.2) is 60.6 Å². The molecule has 166 valence electrons. The summed E-state index contributed by atoms with van der Waals surface area (Å²) in [5, 5.41) is 7.07. The Morgan fingerprint density at radius 1 is 1.14 bits per heavy atom. The first-order valence-corrected chi connectivity index (χ1v) is 11.1.